The van der Waals surface area contributed by atoms with Gasteiger partial charge in [0.25, 0.3) is 0 Å². The molecule has 1 aliphatic rings. The lowest BCUT2D eigenvalue weighted by Crippen LogP contribution is -2.40. The van der Waals surface area contributed by atoms with Crippen LogP contribution in [0.25, 0.3) is 0 Å². The lowest BCUT2D eigenvalue weighted by molar-refractivity contribution is 0.289. The number of rotatable bonds is 7. The standard InChI is InChI=1S/C15H27N5O/c1-2-6-13-14(19-16)17-11-18-15(13)20(9-10-21)12-7-4-3-5-8-12/h11-12,21H,2-10,16H2,1H3,(H,17,18,19). The molecule has 0 aliphatic heterocycles. The molecule has 21 heavy (non-hydrogen) atoms. The zero-order valence-electron chi connectivity index (χ0n) is 12.9. The molecule has 0 aromatic carbocycles. The van der Waals surface area contributed by atoms with Gasteiger partial charge in [-0.1, -0.05) is 32.6 Å². The Morgan fingerprint density at radius 1 is 1.33 bits per heavy atom. The first kappa shape index (κ1) is 16.0. The maximum atomic E-state index is 9.45. The number of aliphatic hydroxyl groups excluding tert-OH is 1. The van der Waals surface area contributed by atoms with Crippen molar-refractivity contribution in [1.82, 2.24) is 9.97 Å². The molecule has 4 N–H and O–H groups in total. The first-order valence-corrected chi connectivity index (χ1v) is 7.99. The molecule has 0 radical (unpaired) electrons. The van der Waals surface area contributed by atoms with Gasteiger partial charge >= 0.3 is 0 Å². The van der Waals surface area contributed by atoms with E-state index in [2.05, 4.69) is 27.2 Å². The normalized spacial score (nSPS) is 16.0. The molecule has 1 aliphatic carbocycles. The number of nitrogens with two attached hydrogens (primary N) is 1. The minimum atomic E-state index is 0.136. The monoisotopic (exact) mass is 293 g/mol. The van der Waals surface area contributed by atoms with Crippen LogP contribution in [0.1, 0.15) is 51.0 Å². The van der Waals surface area contributed by atoms with Crippen molar-refractivity contribution < 1.29 is 5.11 Å². The van der Waals surface area contributed by atoms with E-state index < -0.39 is 0 Å². The van der Waals surface area contributed by atoms with Crippen LogP contribution in [-0.4, -0.2) is 34.3 Å². The molecule has 1 saturated carbocycles. The van der Waals surface area contributed by atoms with Gasteiger partial charge in [0.1, 0.15) is 18.0 Å². The molecule has 0 amide bonds. The molecular weight excluding hydrogens is 266 g/mol. The number of hydrazine groups is 1. The van der Waals surface area contributed by atoms with E-state index in [-0.39, 0.29) is 6.61 Å². The smallest absolute Gasteiger partial charge is 0.148 e. The summed E-state index contributed by atoms with van der Waals surface area (Å²) < 4.78 is 0. The van der Waals surface area contributed by atoms with Gasteiger partial charge in [-0.15, -0.1) is 0 Å². The maximum Gasteiger partial charge on any atom is 0.148 e. The highest BCUT2D eigenvalue weighted by Gasteiger charge is 2.25. The van der Waals surface area contributed by atoms with E-state index in [1.54, 1.807) is 6.33 Å². The van der Waals surface area contributed by atoms with Crippen LogP contribution in [-0.2, 0) is 6.42 Å². The van der Waals surface area contributed by atoms with Crippen LogP contribution in [0, 0.1) is 0 Å². The van der Waals surface area contributed by atoms with Crippen molar-refractivity contribution in [2.24, 2.45) is 5.84 Å². The summed E-state index contributed by atoms with van der Waals surface area (Å²) in [7, 11) is 0. The Morgan fingerprint density at radius 3 is 2.71 bits per heavy atom. The van der Waals surface area contributed by atoms with Crippen LogP contribution < -0.4 is 16.2 Å². The van der Waals surface area contributed by atoms with E-state index in [1.165, 1.54) is 32.1 Å². The number of aliphatic hydroxyl groups is 1. The van der Waals surface area contributed by atoms with Crippen LogP contribution in [0.2, 0.25) is 0 Å². The van der Waals surface area contributed by atoms with Crippen LogP contribution in [0.15, 0.2) is 6.33 Å². The van der Waals surface area contributed by atoms with Crippen molar-refractivity contribution in [2.45, 2.75) is 57.9 Å². The Labute approximate surface area is 126 Å². The van der Waals surface area contributed by atoms with Crippen molar-refractivity contribution in [1.29, 1.82) is 0 Å². The van der Waals surface area contributed by atoms with Gasteiger partial charge in [-0.25, -0.2) is 15.8 Å². The van der Waals surface area contributed by atoms with E-state index in [4.69, 9.17) is 5.84 Å². The Kier molecular flexibility index (Phi) is 6.20. The molecule has 0 saturated heterocycles. The third kappa shape index (κ3) is 3.83. The summed E-state index contributed by atoms with van der Waals surface area (Å²) in [5.74, 6) is 7.22. The topological polar surface area (TPSA) is 87.3 Å². The van der Waals surface area contributed by atoms with E-state index >= 15 is 0 Å². The van der Waals surface area contributed by atoms with Gasteiger partial charge < -0.3 is 15.4 Å². The zero-order valence-corrected chi connectivity index (χ0v) is 12.9. The van der Waals surface area contributed by atoms with E-state index in [0.717, 1.165) is 24.2 Å². The van der Waals surface area contributed by atoms with Gasteiger partial charge in [0.15, 0.2) is 0 Å². The first-order chi connectivity index (χ1) is 10.3. The van der Waals surface area contributed by atoms with Crippen molar-refractivity contribution in [2.75, 3.05) is 23.5 Å². The maximum absolute atomic E-state index is 9.45. The van der Waals surface area contributed by atoms with Crippen molar-refractivity contribution in [3.05, 3.63) is 11.9 Å². The molecular formula is C15H27N5O. The second-order valence-corrected chi connectivity index (χ2v) is 5.63. The minimum Gasteiger partial charge on any atom is -0.395 e. The summed E-state index contributed by atoms with van der Waals surface area (Å²) in [6.07, 6.45) is 9.59. The molecule has 1 heterocycles. The van der Waals surface area contributed by atoms with Crippen LogP contribution >= 0.6 is 0 Å². The van der Waals surface area contributed by atoms with E-state index in [1.807, 2.05) is 0 Å². The average Bonchev–Trinajstić information content (AvgIpc) is 2.54. The summed E-state index contributed by atoms with van der Waals surface area (Å²) in [6, 6.07) is 0.460. The number of nitrogens with one attached hydrogen (secondary N) is 1. The predicted octanol–water partition coefficient (Wildman–Crippen LogP) is 1.85. The predicted molar refractivity (Wildman–Crippen MR) is 85.1 cm³/mol. The molecule has 0 bridgehead atoms. The highest BCUT2D eigenvalue weighted by Crippen LogP contribution is 2.30. The fraction of sp³-hybridized carbons (Fsp3) is 0.733. The number of aromatic nitrogens is 2. The summed E-state index contributed by atoms with van der Waals surface area (Å²) in [4.78, 5) is 11.0. The molecule has 6 nitrogen and oxygen atoms in total. The zero-order chi connectivity index (χ0) is 15.1. The van der Waals surface area contributed by atoms with Crippen molar-refractivity contribution in [3.8, 4) is 0 Å². The fourth-order valence-electron chi connectivity index (χ4n) is 3.22. The summed E-state index contributed by atoms with van der Waals surface area (Å²) in [5.41, 5.74) is 3.74. The Balaban J connectivity index is 2.33. The van der Waals surface area contributed by atoms with E-state index in [0.29, 0.717) is 18.4 Å². The fourth-order valence-corrected chi connectivity index (χ4v) is 3.22. The van der Waals surface area contributed by atoms with Gasteiger partial charge in [-0.2, -0.15) is 0 Å². The van der Waals surface area contributed by atoms with Crippen LogP contribution in [0.5, 0.6) is 0 Å². The SMILES string of the molecule is CCCc1c(NN)ncnc1N(CCO)C1CCCCC1. The third-order valence-electron chi connectivity index (χ3n) is 4.19. The van der Waals surface area contributed by atoms with Gasteiger partial charge in [0.2, 0.25) is 0 Å². The number of hydrogen-bond donors (Lipinski definition) is 3. The third-order valence-corrected chi connectivity index (χ3v) is 4.19. The second-order valence-electron chi connectivity index (χ2n) is 5.63. The van der Waals surface area contributed by atoms with Gasteiger partial charge in [0.05, 0.1) is 6.61 Å². The van der Waals surface area contributed by atoms with Gasteiger partial charge in [-0.3, -0.25) is 0 Å². The van der Waals surface area contributed by atoms with Gasteiger partial charge in [-0.05, 0) is 19.3 Å². The number of nitrogen functional groups attached to an aromatic ring is 1. The Morgan fingerprint density at radius 2 is 2.10 bits per heavy atom. The number of anilines is 2. The first-order valence-electron chi connectivity index (χ1n) is 7.99. The molecule has 2 rings (SSSR count). The molecule has 118 valence electrons. The lowest BCUT2D eigenvalue weighted by atomic mass is 9.93. The van der Waals surface area contributed by atoms with Crippen LogP contribution in [0.4, 0.5) is 11.6 Å². The highest BCUT2D eigenvalue weighted by molar-refractivity contribution is 5.59. The van der Waals surface area contributed by atoms with Crippen molar-refractivity contribution in [3.63, 3.8) is 0 Å². The molecule has 0 spiro atoms. The lowest BCUT2D eigenvalue weighted by Gasteiger charge is -2.36. The Bertz CT molecular complexity index is 434. The molecule has 1 fully saturated rings. The molecule has 0 atom stereocenters. The molecule has 1 aromatic heterocycles. The molecule has 0 unspecified atom stereocenters. The second kappa shape index (κ2) is 8.14. The largest absolute Gasteiger partial charge is 0.395 e. The van der Waals surface area contributed by atoms with Crippen LogP contribution in [0.3, 0.4) is 0 Å². The van der Waals surface area contributed by atoms with Gasteiger partial charge in [0, 0.05) is 18.2 Å². The molecule has 1 aromatic rings. The summed E-state index contributed by atoms with van der Waals surface area (Å²) >= 11 is 0. The minimum absolute atomic E-state index is 0.136. The number of nitrogens with zero attached hydrogens (tertiary/aromatic N) is 3. The molecule has 6 heteroatoms. The van der Waals surface area contributed by atoms with E-state index in [9.17, 15) is 5.11 Å². The average molecular weight is 293 g/mol. The Hall–Kier alpha value is -1.40. The summed E-state index contributed by atoms with van der Waals surface area (Å²) in [5, 5.41) is 9.45. The summed E-state index contributed by atoms with van der Waals surface area (Å²) in [6.45, 7) is 2.88. The highest BCUT2D eigenvalue weighted by atomic mass is 16.3. The number of hydrogen-bond acceptors (Lipinski definition) is 6. The van der Waals surface area contributed by atoms with Crippen molar-refractivity contribution >= 4 is 11.6 Å². The quantitative estimate of drug-likeness (QED) is 0.525.